The van der Waals surface area contributed by atoms with Gasteiger partial charge in [0.15, 0.2) is 17.5 Å². The Kier molecular flexibility index (Phi) is 3.88. The number of amides is 1. The molecular formula is C13H10F3N3O. The Morgan fingerprint density at radius 1 is 1.15 bits per heavy atom. The first-order valence-electron chi connectivity index (χ1n) is 5.61. The Morgan fingerprint density at radius 2 is 1.90 bits per heavy atom. The Hall–Kier alpha value is -2.57. The van der Waals surface area contributed by atoms with Crippen molar-refractivity contribution in [3.8, 4) is 0 Å². The van der Waals surface area contributed by atoms with E-state index in [4.69, 9.17) is 0 Å². The van der Waals surface area contributed by atoms with Crippen molar-refractivity contribution in [2.75, 3.05) is 17.7 Å². The molecule has 0 bridgehead atoms. The molecular weight excluding hydrogens is 271 g/mol. The smallest absolute Gasteiger partial charge is 0.255 e. The second-order valence-electron chi connectivity index (χ2n) is 3.86. The summed E-state index contributed by atoms with van der Waals surface area (Å²) < 4.78 is 39.2. The zero-order valence-electron chi connectivity index (χ0n) is 10.4. The number of nitrogens with one attached hydrogen (secondary N) is 2. The van der Waals surface area contributed by atoms with Crippen LogP contribution in [-0.4, -0.2) is 17.9 Å². The number of pyridine rings is 1. The number of rotatable bonds is 3. The average Bonchev–Trinajstić information content (AvgIpc) is 2.48. The molecule has 0 saturated heterocycles. The monoisotopic (exact) mass is 281 g/mol. The summed E-state index contributed by atoms with van der Waals surface area (Å²) in [5, 5.41) is 4.91. The minimum absolute atomic E-state index is 0.202. The van der Waals surface area contributed by atoms with Crippen LogP contribution in [0.4, 0.5) is 24.7 Å². The molecule has 0 unspecified atom stereocenters. The molecule has 20 heavy (non-hydrogen) atoms. The quantitative estimate of drug-likeness (QED) is 0.851. The van der Waals surface area contributed by atoms with Crippen LogP contribution in [0.1, 0.15) is 10.4 Å². The fourth-order valence-electron chi connectivity index (χ4n) is 1.53. The molecule has 0 saturated carbocycles. The van der Waals surface area contributed by atoms with Gasteiger partial charge in [-0.25, -0.2) is 18.2 Å². The van der Waals surface area contributed by atoms with Crippen molar-refractivity contribution >= 4 is 17.4 Å². The number of anilines is 2. The molecule has 1 aromatic carbocycles. The molecule has 0 spiro atoms. The molecule has 0 aliphatic rings. The van der Waals surface area contributed by atoms with Crippen LogP contribution in [0.2, 0.25) is 0 Å². The van der Waals surface area contributed by atoms with E-state index in [1.807, 2.05) is 0 Å². The zero-order valence-corrected chi connectivity index (χ0v) is 10.4. The summed E-state index contributed by atoms with van der Waals surface area (Å²) >= 11 is 0. The molecule has 0 radical (unpaired) electrons. The Balaban J connectivity index is 2.25. The van der Waals surface area contributed by atoms with Gasteiger partial charge in [-0.05, 0) is 24.3 Å². The van der Waals surface area contributed by atoms with Gasteiger partial charge in [-0.2, -0.15) is 0 Å². The maximum absolute atomic E-state index is 13.4. The van der Waals surface area contributed by atoms with Crippen molar-refractivity contribution in [1.82, 2.24) is 4.98 Å². The van der Waals surface area contributed by atoms with Crippen molar-refractivity contribution in [2.24, 2.45) is 0 Å². The summed E-state index contributed by atoms with van der Waals surface area (Å²) in [4.78, 5) is 15.8. The lowest BCUT2D eigenvalue weighted by atomic mass is 10.2. The van der Waals surface area contributed by atoms with Crippen LogP contribution in [0.5, 0.6) is 0 Å². The van der Waals surface area contributed by atoms with Gasteiger partial charge in [0.25, 0.3) is 5.91 Å². The van der Waals surface area contributed by atoms with Gasteiger partial charge in [-0.1, -0.05) is 0 Å². The first-order chi connectivity index (χ1) is 9.52. The molecule has 104 valence electrons. The molecule has 0 aliphatic heterocycles. The normalized spacial score (nSPS) is 10.2. The SMILES string of the molecule is CNc1cc(C(=O)Nc2ccc(F)c(F)c2F)ccn1. The highest BCUT2D eigenvalue weighted by molar-refractivity contribution is 6.04. The Bertz CT molecular complexity index is 661. The second-order valence-corrected chi connectivity index (χ2v) is 3.86. The lowest BCUT2D eigenvalue weighted by Crippen LogP contribution is -2.14. The van der Waals surface area contributed by atoms with Gasteiger partial charge >= 0.3 is 0 Å². The molecule has 4 nitrogen and oxygen atoms in total. The molecule has 1 amide bonds. The summed E-state index contributed by atoms with van der Waals surface area (Å²) in [7, 11) is 1.62. The van der Waals surface area contributed by atoms with Crippen molar-refractivity contribution < 1.29 is 18.0 Å². The maximum atomic E-state index is 13.4. The minimum atomic E-state index is -1.63. The number of carbonyl (C=O) groups is 1. The largest absolute Gasteiger partial charge is 0.373 e. The van der Waals surface area contributed by atoms with Gasteiger partial charge in [0.1, 0.15) is 5.82 Å². The fourth-order valence-corrected chi connectivity index (χ4v) is 1.53. The van der Waals surface area contributed by atoms with E-state index in [-0.39, 0.29) is 5.56 Å². The number of benzene rings is 1. The predicted octanol–water partition coefficient (Wildman–Crippen LogP) is 2.79. The van der Waals surface area contributed by atoms with Crippen LogP contribution >= 0.6 is 0 Å². The third-order valence-corrected chi connectivity index (χ3v) is 2.56. The number of aromatic nitrogens is 1. The van der Waals surface area contributed by atoms with Crippen molar-refractivity contribution in [3.63, 3.8) is 0 Å². The Labute approximate surface area is 112 Å². The van der Waals surface area contributed by atoms with E-state index in [0.29, 0.717) is 5.82 Å². The lowest BCUT2D eigenvalue weighted by Gasteiger charge is -2.08. The molecule has 0 atom stereocenters. The van der Waals surface area contributed by atoms with E-state index < -0.39 is 29.0 Å². The number of hydrogen-bond donors (Lipinski definition) is 2. The highest BCUT2D eigenvalue weighted by Crippen LogP contribution is 2.20. The van der Waals surface area contributed by atoms with E-state index >= 15 is 0 Å². The third-order valence-electron chi connectivity index (χ3n) is 2.56. The molecule has 2 N–H and O–H groups in total. The van der Waals surface area contributed by atoms with Crippen molar-refractivity contribution in [2.45, 2.75) is 0 Å². The van der Waals surface area contributed by atoms with Crippen molar-refractivity contribution in [1.29, 1.82) is 0 Å². The fraction of sp³-hybridized carbons (Fsp3) is 0.0769. The van der Waals surface area contributed by atoms with E-state index in [1.54, 1.807) is 7.05 Å². The van der Waals surface area contributed by atoms with E-state index in [9.17, 15) is 18.0 Å². The molecule has 0 aliphatic carbocycles. The summed E-state index contributed by atoms with van der Waals surface area (Å²) in [5.41, 5.74) is -0.231. The van der Waals surface area contributed by atoms with Gasteiger partial charge < -0.3 is 10.6 Å². The average molecular weight is 281 g/mol. The second kappa shape index (κ2) is 5.60. The highest BCUT2D eigenvalue weighted by Gasteiger charge is 2.16. The topological polar surface area (TPSA) is 54.0 Å². The van der Waals surface area contributed by atoms with Gasteiger partial charge in [-0.15, -0.1) is 0 Å². The highest BCUT2D eigenvalue weighted by atomic mass is 19.2. The van der Waals surface area contributed by atoms with Crippen LogP contribution in [0.25, 0.3) is 0 Å². The number of halogens is 3. The van der Waals surface area contributed by atoms with Crippen LogP contribution in [0.3, 0.4) is 0 Å². The summed E-state index contributed by atoms with van der Waals surface area (Å²) in [6.07, 6.45) is 1.39. The van der Waals surface area contributed by atoms with Crippen LogP contribution in [-0.2, 0) is 0 Å². The van der Waals surface area contributed by atoms with E-state index in [1.165, 1.54) is 18.3 Å². The molecule has 7 heteroatoms. The maximum Gasteiger partial charge on any atom is 0.255 e. The number of nitrogens with zero attached hydrogens (tertiary/aromatic N) is 1. The molecule has 2 aromatic rings. The van der Waals surface area contributed by atoms with Crippen LogP contribution < -0.4 is 10.6 Å². The van der Waals surface area contributed by atoms with Crippen molar-refractivity contribution in [3.05, 3.63) is 53.5 Å². The third kappa shape index (κ3) is 2.71. The molecule has 0 fully saturated rings. The number of carbonyl (C=O) groups excluding carboxylic acids is 1. The standard InChI is InChI=1S/C13H10F3N3O/c1-17-10-6-7(4-5-18-10)13(20)19-9-3-2-8(14)11(15)12(9)16/h2-6H,1H3,(H,17,18)(H,19,20). The van der Waals surface area contributed by atoms with E-state index in [2.05, 4.69) is 15.6 Å². The first-order valence-corrected chi connectivity index (χ1v) is 5.61. The minimum Gasteiger partial charge on any atom is -0.373 e. The molecule has 2 rings (SSSR count). The van der Waals surface area contributed by atoms with Gasteiger partial charge in [0, 0.05) is 18.8 Å². The van der Waals surface area contributed by atoms with Gasteiger partial charge in [-0.3, -0.25) is 4.79 Å². The lowest BCUT2D eigenvalue weighted by molar-refractivity contribution is 0.102. The molecule has 1 heterocycles. The van der Waals surface area contributed by atoms with Gasteiger partial charge in [0.05, 0.1) is 5.69 Å². The summed E-state index contributed by atoms with van der Waals surface area (Å²) in [5.74, 6) is -4.60. The van der Waals surface area contributed by atoms with Crippen LogP contribution in [0, 0.1) is 17.5 Å². The zero-order chi connectivity index (χ0) is 14.7. The predicted molar refractivity (Wildman–Crippen MR) is 68.1 cm³/mol. The van der Waals surface area contributed by atoms with Gasteiger partial charge in [0.2, 0.25) is 0 Å². The summed E-state index contributed by atoms with van der Waals surface area (Å²) in [6.45, 7) is 0. The van der Waals surface area contributed by atoms with Crippen LogP contribution in [0.15, 0.2) is 30.5 Å². The molecule has 1 aromatic heterocycles. The van der Waals surface area contributed by atoms with E-state index in [0.717, 1.165) is 12.1 Å². The Morgan fingerprint density at radius 3 is 2.60 bits per heavy atom. The summed E-state index contributed by atoms with van der Waals surface area (Å²) in [6, 6.07) is 4.53. The first kappa shape index (κ1) is 13.9. The number of hydrogen-bond acceptors (Lipinski definition) is 3.